The molecular formula is C22H24FN5O4S. The number of benzene rings is 1. The average Bonchev–Trinajstić information content (AvgIpc) is 3.27. The quantitative estimate of drug-likeness (QED) is 0.507. The zero-order valence-corrected chi connectivity index (χ0v) is 18.6. The predicted molar refractivity (Wildman–Crippen MR) is 119 cm³/mol. The first kappa shape index (κ1) is 22.9. The van der Waals surface area contributed by atoms with Gasteiger partial charge in [0.25, 0.3) is 5.91 Å². The van der Waals surface area contributed by atoms with Gasteiger partial charge in [0.1, 0.15) is 16.4 Å². The van der Waals surface area contributed by atoms with Crippen molar-refractivity contribution in [2.24, 2.45) is 0 Å². The monoisotopic (exact) mass is 473 g/mol. The highest BCUT2D eigenvalue weighted by Gasteiger charge is 2.31. The Hall–Kier alpha value is -3.31. The number of hydrogen-bond donors (Lipinski definition) is 2. The summed E-state index contributed by atoms with van der Waals surface area (Å²) in [6.45, 7) is 1.34. The third-order valence-corrected chi connectivity index (χ3v) is 7.52. The van der Waals surface area contributed by atoms with E-state index < -0.39 is 15.8 Å². The molecule has 3 aromatic rings. The molecule has 9 nitrogen and oxygen atoms in total. The van der Waals surface area contributed by atoms with Crippen molar-refractivity contribution >= 4 is 32.9 Å². The number of rotatable bonds is 7. The Kier molecular flexibility index (Phi) is 6.70. The smallest absolute Gasteiger partial charge is 0.251 e. The number of amides is 2. The van der Waals surface area contributed by atoms with Crippen molar-refractivity contribution in [3.63, 3.8) is 0 Å². The number of halogens is 1. The van der Waals surface area contributed by atoms with E-state index in [1.54, 1.807) is 23.2 Å². The number of aromatic nitrogens is 2. The Morgan fingerprint density at radius 2 is 1.82 bits per heavy atom. The number of piperazine rings is 1. The molecule has 3 heterocycles. The van der Waals surface area contributed by atoms with Crippen LogP contribution in [0, 0.1) is 5.82 Å². The Morgan fingerprint density at radius 3 is 2.55 bits per heavy atom. The van der Waals surface area contributed by atoms with Crippen LogP contribution in [-0.4, -0.2) is 72.1 Å². The largest absolute Gasteiger partial charge is 0.352 e. The lowest BCUT2D eigenvalue weighted by Gasteiger charge is -2.34. The number of carbonyl (C=O) groups excluding carboxylic acids is 2. The Labute approximate surface area is 190 Å². The predicted octanol–water partition coefficient (Wildman–Crippen LogP) is 1.75. The number of fused-ring (bicyclic) bond motifs is 1. The van der Waals surface area contributed by atoms with E-state index in [1.807, 2.05) is 0 Å². The van der Waals surface area contributed by atoms with Gasteiger partial charge >= 0.3 is 0 Å². The van der Waals surface area contributed by atoms with Gasteiger partial charge in [0.05, 0.1) is 0 Å². The molecule has 0 bridgehead atoms. The van der Waals surface area contributed by atoms with E-state index >= 15 is 0 Å². The van der Waals surface area contributed by atoms with Gasteiger partial charge in [0.15, 0.2) is 0 Å². The highest BCUT2D eigenvalue weighted by Crippen LogP contribution is 2.25. The number of nitrogens with zero attached hydrogens (tertiary/aromatic N) is 3. The van der Waals surface area contributed by atoms with Gasteiger partial charge in [0, 0.05) is 62.5 Å². The van der Waals surface area contributed by atoms with Crippen molar-refractivity contribution in [1.29, 1.82) is 0 Å². The van der Waals surface area contributed by atoms with Crippen molar-refractivity contribution in [3.05, 3.63) is 60.2 Å². The molecule has 0 saturated carbocycles. The molecular weight excluding hydrogens is 449 g/mol. The van der Waals surface area contributed by atoms with Gasteiger partial charge in [-0.25, -0.2) is 17.8 Å². The van der Waals surface area contributed by atoms with E-state index in [4.69, 9.17) is 0 Å². The molecule has 1 saturated heterocycles. The van der Waals surface area contributed by atoms with Crippen LogP contribution < -0.4 is 5.32 Å². The SMILES string of the molecule is O=C(NCCCC(=O)N1CCN(S(=O)(=O)c2c[nH]c3ncccc23)CC1)c1ccc(F)cc1. The van der Waals surface area contributed by atoms with Crippen molar-refractivity contribution in [1.82, 2.24) is 24.5 Å². The fraction of sp³-hybridized carbons (Fsp3) is 0.318. The lowest BCUT2D eigenvalue weighted by molar-refractivity contribution is -0.132. The topological polar surface area (TPSA) is 115 Å². The molecule has 0 unspecified atom stereocenters. The number of aromatic amines is 1. The first-order chi connectivity index (χ1) is 15.9. The summed E-state index contributed by atoms with van der Waals surface area (Å²) >= 11 is 0. The summed E-state index contributed by atoms with van der Waals surface area (Å²) in [6, 6.07) is 8.63. The molecule has 1 aromatic carbocycles. The summed E-state index contributed by atoms with van der Waals surface area (Å²) in [5.74, 6) is -0.823. The van der Waals surface area contributed by atoms with Crippen LogP contribution in [0.25, 0.3) is 11.0 Å². The minimum Gasteiger partial charge on any atom is -0.352 e. The average molecular weight is 474 g/mol. The Bertz CT molecular complexity index is 1250. The van der Waals surface area contributed by atoms with Gasteiger partial charge in [-0.05, 0) is 42.8 Å². The van der Waals surface area contributed by atoms with Gasteiger partial charge in [-0.3, -0.25) is 9.59 Å². The summed E-state index contributed by atoms with van der Waals surface area (Å²) in [6.07, 6.45) is 3.73. The normalized spacial score (nSPS) is 15.0. The number of hydrogen-bond acceptors (Lipinski definition) is 5. The maximum absolute atomic E-state index is 13.1. The molecule has 2 amide bonds. The van der Waals surface area contributed by atoms with Crippen molar-refractivity contribution in [3.8, 4) is 0 Å². The van der Waals surface area contributed by atoms with Crippen LogP contribution in [-0.2, 0) is 14.8 Å². The van der Waals surface area contributed by atoms with Crippen LogP contribution in [0.1, 0.15) is 23.2 Å². The van der Waals surface area contributed by atoms with Crippen LogP contribution in [0.4, 0.5) is 4.39 Å². The minimum atomic E-state index is -3.70. The molecule has 0 atom stereocenters. The maximum Gasteiger partial charge on any atom is 0.251 e. The molecule has 0 aliphatic carbocycles. The van der Waals surface area contributed by atoms with Gasteiger partial charge < -0.3 is 15.2 Å². The summed E-state index contributed by atoms with van der Waals surface area (Å²) < 4.78 is 40.4. The lowest BCUT2D eigenvalue weighted by atomic mass is 10.2. The van der Waals surface area contributed by atoms with Gasteiger partial charge in [-0.1, -0.05) is 0 Å². The van der Waals surface area contributed by atoms with Crippen LogP contribution in [0.5, 0.6) is 0 Å². The molecule has 2 aromatic heterocycles. The summed E-state index contributed by atoms with van der Waals surface area (Å²) in [4.78, 5) is 33.4. The van der Waals surface area contributed by atoms with Crippen LogP contribution >= 0.6 is 0 Å². The van der Waals surface area contributed by atoms with Crippen LogP contribution in [0.3, 0.4) is 0 Å². The van der Waals surface area contributed by atoms with Crippen molar-refractivity contribution < 1.29 is 22.4 Å². The number of nitrogens with one attached hydrogen (secondary N) is 2. The van der Waals surface area contributed by atoms with Gasteiger partial charge in [-0.2, -0.15) is 4.31 Å². The number of carbonyl (C=O) groups is 2. The summed E-state index contributed by atoms with van der Waals surface area (Å²) in [7, 11) is -3.70. The Balaban J connectivity index is 1.24. The van der Waals surface area contributed by atoms with Gasteiger partial charge in [0.2, 0.25) is 15.9 Å². The maximum atomic E-state index is 13.1. The molecule has 33 heavy (non-hydrogen) atoms. The molecule has 1 fully saturated rings. The molecule has 0 spiro atoms. The van der Waals surface area contributed by atoms with E-state index in [2.05, 4.69) is 15.3 Å². The van der Waals surface area contributed by atoms with Crippen molar-refractivity contribution in [2.75, 3.05) is 32.7 Å². The molecule has 4 rings (SSSR count). The standard InChI is InChI=1S/C22H24FN5O4S/c23-17-7-5-16(6-8-17)22(30)25-10-2-4-20(29)27-11-13-28(14-12-27)33(31,32)19-15-26-21-18(19)3-1-9-24-21/h1,3,5-9,15H,2,4,10-14H2,(H,24,26)(H,25,30). The summed E-state index contributed by atoms with van der Waals surface area (Å²) in [5, 5.41) is 3.25. The zero-order valence-electron chi connectivity index (χ0n) is 17.8. The molecule has 1 aliphatic heterocycles. The highest BCUT2D eigenvalue weighted by atomic mass is 32.2. The van der Waals surface area contributed by atoms with E-state index in [9.17, 15) is 22.4 Å². The Morgan fingerprint density at radius 1 is 1.09 bits per heavy atom. The fourth-order valence-corrected chi connectivity index (χ4v) is 5.34. The fourth-order valence-electron chi connectivity index (χ4n) is 3.76. The third-order valence-electron chi connectivity index (χ3n) is 5.58. The second kappa shape index (κ2) is 9.67. The first-order valence-electron chi connectivity index (χ1n) is 10.6. The zero-order chi connectivity index (χ0) is 23.4. The van der Waals surface area contributed by atoms with Crippen molar-refractivity contribution in [2.45, 2.75) is 17.7 Å². The lowest BCUT2D eigenvalue weighted by Crippen LogP contribution is -2.50. The second-order valence-electron chi connectivity index (χ2n) is 7.70. The van der Waals surface area contributed by atoms with Gasteiger partial charge in [-0.15, -0.1) is 0 Å². The number of H-pyrrole nitrogens is 1. The van der Waals surface area contributed by atoms with E-state index in [1.165, 1.54) is 34.8 Å². The highest BCUT2D eigenvalue weighted by molar-refractivity contribution is 7.89. The number of pyridine rings is 1. The van der Waals surface area contributed by atoms with E-state index in [0.717, 1.165) is 0 Å². The third kappa shape index (κ3) is 5.04. The second-order valence-corrected chi connectivity index (χ2v) is 9.61. The molecule has 174 valence electrons. The molecule has 0 radical (unpaired) electrons. The van der Waals surface area contributed by atoms with Crippen LogP contribution in [0.15, 0.2) is 53.7 Å². The van der Waals surface area contributed by atoms with Crippen LogP contribution in [0.2, 0.25) is 0 Å². The molecule has 11 heteroatoms. The van der Waals surface area contributed by atoms with E-state index in [0.29, 0.717) is 42.7 Å². The number of sulfonamides is 1. The summed E-state index contributed by atoms with van der Waals surface area (Å²) in [5.41, 5.74) is 0.863. The van der Waals surface area contributed by atoms with E-state index in [-0.39, 0.29) is 36.2 Å². The first-order valence-corrected chi connectivity index (χ1v) is 12.0. The molecule has 1 aliphatic rings. The molecule has 2 N–H and O–H groups in total. The minimum absolute atomic E-state index is 0.0839.